The predicted octanol–water partition coefficient (Wildman–Crippen LogP) is 3.41. The number of nitrogens with zero attached hydrogens (tertiary/aromatic N) is 1. The zero-order chi connectivity index (χ0) is 14.0. The first kappa shape index (κ1) is 13.8. The highest BCUT2D eigenvalue weighted by Gasteiger charge is 2.48. The van der Waals surface area contributed by atoms with Crippen LogP contribution in [0.1, 0.15) is 44.1 Å². The van der Waals surface area contributed by atoms with E-state index in [-0.39, 0.29) is 5.41 Å². The molecule has 2 nitrogen and oxygen atoms in total. The van der Waals surface area contributed by atoms with Gasteiger partial charge in [0, 0.05) is 0 Å². The van der Waals surface area contributed by atoms with Gasteiger partial charge in [-0.1, -0.05) is 49.6 Å². The van der Waals surface area contributed by atoms with Crippen molar-refractivity contribution in [2.75, 3.05) is 20.1 Å². The molecule has 1 atom stereocenters. The van der Waals surface area contributed by atoms with Gasteiger partial charge in [-0.3, -0.25) is 9.69 Å². The number of carbonyl (C=O) groups excluding carboxylic acids is 1. The van der Waals surface area contributed by atoms with Crippen LogP contribution in [0, 0.1) is 5.92 Å². The Morgan fingerprint density at radius 2 is 1.80 bits per heavy atom. The van der Waals surface area contributed by atoms with Gasteiger partial charge in [0.15, 0.2) is 5.78 Å². The van der Waals surface area contributed by atoms with Gasteiger partial charge in [-0.2, -0.15) is 0 Å². The van der Waals surface area contributed by atoms with Gasteiger partial charge in [-0.25, -0.2) is 0 Å². The predicted molar refractivity (Wildman–Crippen MR) is 81.8 cm³/mol. The van der Waals surface area contributed by atoms with E-state index < -0.39 is 0 Å². The van der Waals surface area contributed by atoms with E-state index in [2.05, 4.69) is 42.3 Å². The van der Waals surface area contributed by atoms with Crippen LogP contribution in [-0.4, -0.2) is 30.8 Å². The van der Waals surface area contributed by atoms with E-state index in [9.17, 15) is 4.79 Å². The van der Waals surface area contributed by atoms with Crippen molar-refractivity contribution < 1.29 is 4.79 Å². The molecule has 20 heavy (non-hydrogen) atoms. The van der Waals surface area contributed by atoms with Crippen molar-refractivity contribution in [2.45, 2.75) is 43.9 Å². The Hall–Kier alpha value is -1.15. The molecular weight excluding hydrogens is 246 g/mol. The molecule has 0 aromatic heterocycles. The van der Waals surface area contributed by atoms with Crippen molar-refractivity contribution in [1.29, 1.82) is 0 Å². The number of rotatable bonds is 2. The number of Topliss-reactive ketones (excluding diaryl/α,β-unsaturated/α-hetero) is 1. The van der Waals surface area contributed by atoms with E-state index in [1.54, 1.807) is 0 Å². The monoisotopic (exact) mass is 271 g/mol. The second-order valence-electron chi connectivity index (χ2n) is 6.58. The van der Waals surface area contributed by atoms with Gasteiger partial charge in [-0.05, 0) is 44.3 Å². The van der Waals surface area contributed by atoms with Crippen molar-refractivity contribution in [2.24, 2.45) is 5.92 Å². The summed E-state index contributed by atoms with van der Waals surface area (Å²) in [5, 5.41) is 0. The number of carbonyl (C=O) groups is 1. The van der Waals surface area contributed by atoms with Crippen molar-refractivity contribution >= 4 is 5.78 Å². The van der Waals surface area contributed by atoms with Crippen molar-refractivity contribution in [3.8, 4) is 0 Å². The molecule has 0 radical (unpaired) electrons. The lowest BCUT2D eigenvalue weighted by atomic mass is 9.60. The highest BCUT2D eigenvalue weighted by Crippen LogP contribution is 2.45. The van der Waals surface area contributed by atoms with Crippen LogP contribution in [0.2, 0.25) is 0 Å². The first-order valence-electron chi connectivity index (χ1n) is 8.01. The summed E-state index contributed by atoms with van der Waals surface area (Å²) in [6, 6.07) is 10.6. The standard InChI is InChI=1S/C18H25NO/c1-19-13-12-18(17(20)14-19,15-8-4-2-5-9-15)16-10-6-3-7-11-16/h2,4-5,8-9,16H,3,6-7,10-14H2,1H3. The van der Waals surface area contributed by atoms with Crippen LogP contribution in [0.4, 0.5) is 0 Å². The lowest BCUT2D eigenvalue weighted by Gasteiger charge is -2.46. The Labute approximate surface area is 122 Å². The highest BCUT2D eigenvalue weighted by molar-refractivity contribution is 5.93. The summed E-state index contributed by atoms with van der Waals surface area (Å²) >= 11 is 0. The summed E-state index contributed by atoms with van der Waals surface area (Å²) in [5.41, 5.74) is 1.07. The molecule has 1 aliphatic heterocycles. The number of likely N-dealkylation sites (tertiary alicyclic amines) is 1. The molecule has 3 rings (SSSR count). The lowest BCUT2D eigenvalue weighted by molar-refractivity contribution is -0.131. The first-order valence-corrected chi connectivity index (χ1v) is 8.01. The maximum Gasteiger partial charge on any atom is 0.157 e. The van der Waals surface area contributed by atoms with Crippen molar-refractivity contribution in [1.82, 2.24) is 4.90 Å². The zero-order valence-electron chi connectivity index (χ0n) is 12.5. The van der Waals surface area contributed by atoms with Crippen LogP contribution in [-0.2, 0) is 10.2 Å². The maximum absolute atomic E-state index is 13.0. The van der Waals surface area contributed by atoms with E-state index in [4.69, 9.17) is 0 Å². The molecule has 0 N–H and O–H groups in total. The molecule has 1 aromatic rings. The van der Waals surface area contributed by atoms with Crippen LogP contribution in [0.25, 0.3) is 0 Å². The Bertz CT molecular complexity index is 464. The third-order valence-corrected chi connectivity index (χ3v) is 5.39. The molecule has 1 unspecified atom stereocenters. The third kappa shape index (κ3) is 2.31. The molecule has 2 aliphatic rings. The number of ketones is 1. The molecule has 108 valence electrons. The molecule has 1 aromatic carbocycles. The number of likely N-dealkylation sites (N-methyl/N-ethyl adjacent to an activating group) is 1. The van der Waals surface area contributed by atoms with Crippen LogP contribution < -0.4 is 0 Å². The molecule has 0 bridgehead atoms. The second kappa shape index (κ2) is 5.69. The molecule has 0 amide bonds. The maximum atomic E-state index is 13.0. The summed E-state index contributed by atoms with van der Waals surface area (Å²) in [5.74, 6) is 1.00. The van der Waals surface area contributed by atoms with E-state index in [1.807, 2.05) is 0 Å². The molecule has 1 heterocycles. The van der Waals surface area contributed by atoms with Crippen molar-refractivity contribution in [3.63, 3.8) is 0 Å². The van der Waals surface area contributed by atoms with Gasteiger partial charge in [0.1, 0.15) is 0 Å². The summed E-state index contributed by atoms with van der Waals surface area (Å²) in [6.07, 6.45) is 7.38. The third-order valence-electron chi connectivity index (χ3n) is 5.39. The van der Waals surface area contributed by atoms with Gasteiger partial charge in [0.2, 0.25) is 0 Å². The fraction of sp³-hybridized carbons (Fsp3) is 0.611. The highest BCUT2D eigenvalue weighted by atomic mass is 16.1. The molecule has 2 fully saturated rings. The smallest absolute Gasteiger partial charge is 0.157 e. The normalized spacial score (nSPS) is 29.6. The van der Waals surface area contributed by atoms with Crippen LogP contribution in [0.3, 0.4) is 0 Å². The number of piperidine rings is 1. The molecular formula is C18H25NO. The van der Waals surface area contributed by atoms with Crippen LogP contribution in [0.15, 0.2) is 30.3 Å². The fourth-order valence-corrected chi connectivity index (χ4v) is 4.28. The van der Waals surface area contributed by atoms with Gasteiger partial charge in [-0.15, -0.1) is 0 Å². The summed E-state index contributed by atoms with van der Waals surface area (Å²) in [6.45, 7) is 1.66. The van der Waals surface area contributed by atoms with E-state index in [0.29, 0.717) is 18.2 Å². The Morgan fingerprint density at radius 1 is 1.10 bits per heavy atom. The molecule has 1 saturated carbocycles. The summed E-state index contributed by atoms with van der Waals surface area (Å²) in [7, 11) is 2.06. The lowest BCUT2D eigenvalue weighted by Crippen LogP contribution is -2.53. The van der Waals surface area contributed by atoms with E-state index in [1.165, 1.54) is 37.7 Å². The summed E-state index contributed by atoms with van der Waals surface area (Å²) < 4.78 is 0. The van der Waals surface area contributed by atoms with Crippen LogP contribution >= 0.6 is 0 Å². The van der Waals surface area contributed by atoms with Crippen molar-refractivity contribution in [3.05, 3.63) is 35.9 Å². The van der Waals surface area contributed by atoms with Gasteiger partial charge >= 0.3 is 0 Å². The topological polar surface area (TPSA) is 20.3 Å². The zero-order valence-corrected chi connectivity index (χ0v) is 12.5. The molecule has 0 spiro atoms. The second-order valence-corrected chi connectivity index (χ2v) is 6.58. The van der Waals surface area contributed by atoms with Gasteiger partial charge < -0.3 is 0 Å². The average molecular weight is 271 g/mol. The Morgan fingerprint density at radius 3 is 2.45 bits per heavy atom. The number of benzene rings is 1. The fourth-order valence-electron chi connectivity index (χ4n) is 4.28. The Balaban J connectivity index is 2.00. The minimum absolute atomic E-state index is 0.200. The van der Waals surface area contributed by atoms with Crippen LogP contribution in [0.5, 0.6) is 0 Å². The van der Waals surface area contributed by atoms with Gasteiger partial charge in [0.25, 0.3) is 0 Å². The quantitative estimate of drug-likeness (QED) is 0.821. The number of hydrogen-bond donors (Lipinski definition) is 0. The SMILES string of the molecule is CN1CCC(c2ccccc2)(C2CCCCC2)C(=O)C1. The number of hydrogen-bond acceptors (Lipinski definition) is 2. The minimum Gasteiger partial charge on any atom is -0.299 e. The first-order chi connectivity index (χ1) is 9.73. The molecule has 1 saturated heterocycles. The largest absolute Gasteiger partial charge is 0.299 e. The average Bonchev–Trinajstić information content (AvgIpc) is 2.50. The Kier molecular flexibility index (Phi) is 3.93. The molecule has 1 aliphatic carbocycles. The summed E-state index contributed by atoms with van der Waals surface area (Å²) in [4.78, 5) is 15.2. The van der Waals surface area contributed by atoms with E-state index in [0.717, 1.165) is 13.0 Å². The van der Waals surface area contributed by atoms with Gasteiger partial charge in [0.05, 0.1) is 12.0 Å². The van der Waals surface area contributed by atoms with E-state index >= 15 is 0 Å². The molecule has 2 heteroatoms. The minimum atomic E-state index is -0.200.